The Kier molecular flexibility index (Phi) is 5.81. The molecular formula is C20H15F6N7O2S. The van der Waals surface area contributed by atoms with E-state index in [9.17, 15) is 35.9 Å². The minimum absolute atomic E-state index is 0.0514. The number of carbonyl (C=O) groups is 2. The van der Waals surface area contributed by atoms with Gasteiger partial charge in [0.15, 0.2) is 5.69 Å². The second-order valence-electron chi connectivity index (χ2n) is 7.66. The zero-order valence-electron chi connectivity index (χ0n) is 18.5. The quantitative estimate of drug-likeness (QED) is 0.384. The third kappa shape index (κ3) is 4.27. The molecule has 3 N–H and O–H groups in total. The maximum atomic E-state index is 13.6. The molecule has 0 aliphatic carbocycles. The fourth-order valence-electron chi connectivity index (χ4n) is 3.51. The van der Waals surface area contributed by atoms with Crippen molar-refractivity contribution in [3.63, 3.8) is 0 Å². The molecule has 0 fully saturated rings. The number of fused-ring (bicyclic) bond motifs is 1. The summed E-state index contributed by atoms with van der Waals surface area (Å²) in [5.74, 6) is -2.19. The Morgan fingerprint density at radius 1 is 1.00 bits per heavy atom. The van der Waals surface area contributed by atoms with E-state index >= 15 is 0 Å². The maximum Gasteiger partial charge on any atom is 0.435 e. The highest BCUT2D eigenvalue weighted by Crippen LogP contribution is 2.44. The highest BCUT2D eigenvalue weighted by molar-refractivity contribution is 7.21. The van der Waals surface area contributed by atoms with Crippen molar-refractivity contribution in [1.29, 1.82) is 0 Å². The monoisotopic (exact) mass is 531 g/mol. The molecule has 9 nitrogen and oxygen atoms in total. The Bertz CT molecular complexity index is 1530. The van der Waals surface area contributed by atoms with E-state index in [1.165, 1.54) is 10.9 Å². The first kappa shape index (κ1) is 25.2. The molecule has 0 saturated carbocycles. The predicted molar refractivity (Wildman–Crippen MR) is 116 cm³/mol. The van der Waals surface area contributed by atoms with Gasteiger partial charge in [-0.2, -0.15) is 36.5 Å². The van der Waals surface area contributed by atoms with Crippen LogP contribution in [0.3, 0.4) is 0 Å². The van der Waals surface area contributed by atoms with Crippen molar-refractivity contribution >= 4 is 39.1 Å². The molecule has 2 amide bonds. The summed E-state index contributed by atoms with van der Waals surface area (Å²) in [5.41, 5.74) is 2.67. The molecule has 0 radical (unpaired) electrons. The summed E-state index contributed by atoms with van der Waals surface area (Å²) in [6, 6.07) is 1.24. The highest BCUT2D eigenvalue weighted by atomic mass is 32.1. The molecule has 4 rings (SSSR count). The van der Waals surface area contributed by atoms with Crippen molar-refractivity contribution < 1.29 is 35.9 Å². The number of thiophene rings is 1. The molecule has 4 aromatic heterocycles. The fraction of sp³-hybridized carbons (Fsp3) is 0.250. The number of carbonyl (C=O) groups excluding carboxylic acids is 2. The number of amides is 2. The van der Waals surface area contributed by atoms with Crippen LogP contribution in [0.25, 0.3) is 21.3 Å². The molecule has 0 unspecified atom stereocenters. The molecule has 16 heteroatoms. The van der Waals surface area contributed by atoms with E-state index in [0.717, 1.165) is 13.1 Å². The van der Waals surface area contributed by atoms with Crippen molar-refractivity contribution in [1.82, 2.24) is 24.5 Å². The summed E-state index contributed by atoms with van der Waals surface area (Å²) < 4.78 is 82.1. The number of nitrogens with zero attached hydrogens (tertiary/aromatic N) is 5. The van der Waals surface area contributed by atoms with Crippen molar-refractivity contribution in [3.05, 3.63) is 46.0 Å². The van der Waals surface area contributed by atoms with Gasteiger partial charge in [-0.25, -0.2) is 4.98 Å². The van der Waals surface area contributed by atoms with Gasteiger partial charge in [0.2, 0.25) is 0 Å². The lowest BCUT2D eigenvalue weighted by Gasteiger charge is -2.12. The normalized spacial score (nSPS) is 12.4. The summed E-state index contributed by atoms with van der Waals surface area (Å²) >= 11 is 0.505. The number of nitrogens with two attached hydrogens (primary N) is 1. The van der Waals surface area contributed by atoms with E-state index in [-0.39, 0.29) is 31.9 Å². The van der Waals surface area contributed by atoms with Crippen LogP contribution < -0.4 is 11.1 Å². The van der Waals surface area contributed by atoms with E-state index in [2.05, 4.69) is 20.5 Å². The summed E-state index contributed by atoms with van der Waals surface area (Å²) in [5, 5.41) is 9.57. The van der Waals surface area contributed by atoms with E-state index in [1.54, 1.807) is 14.0 Å². The Hall–Kier alpha value is -3.95. The number of rotatable bonds is 4. The average Bonchev–Trinajstić information content (AvgIpc) is 3.42. The molecule has 0 aliphatic rings. The van der Waals surface area contributed by atoms with Crippen LogP contribution in [0.4, 0.5) is 32.0 Å². The van der Waals surface area contributed by atoms with Gasteiger partial charge in [-0.1, -0.05) is 0 Å². The minimum Gasteiger partial charge on any atom is -0.365 e. The van der Waals surface area contributed by atoms with Gasteiger partial charge in [0.1, 0.15) is 21.1 Å². The van der Waals surface area contributed by atoms with Crippen molar-refractivity contribution in [2.24, 2.45) is 19.8 Å². The molecule has 0 aromatic carbocycles. The molecular weight excluding hydrogens is 516 g/mol. The number of nitrogens with one attached hydrogen (secondary N) is 1. The molecule has 36 heavy (non-hydrogen) atoms. The van der Waals surface area contributed by atoms with Gasteiger partial charge in [-0.3, -0.25) is 19.0 Å². The van der Waals surface area contributed by atoms with Gasteiger partial charge in [0, 0.05) is 36.8 Å². The standard InChI is InChI=1S/C20H15F6N7O2S/c1-7-9(6-28-32(7)2)8-4-11(19(21,22)23)29-18-13(8)14(15(36-18)16(27)34)30-17(35)10-5-12(20(24,25)26)31-33(10)3/h4-6H,1-3H3,(H2,27,34)(H,30,35). The third-order valence-electron chi connectivity index (χ3n) is 5.34. The van der Waals surface area contributed by atoms with Gasteiger partial charge in [0.05, 0.1) is 11.9 Å². The summed E-state index contributed by atoms with van der Waals surface area (Å²) in [7, 11) is 2.67. The van der Waals surface area contributed by atoms with Gasteiger partial charge in [-0.15, -0.1) is 11.3 Å². The third-order valence-corrected chi connectivity index (χ3v) is 6.44. The van der Waals surface area contributed by atoms with E-state index in [4.69, 9.17) is 5.73 Å². The smallest absolute Gasteiger partial charge is 0.365 e. The van der Waals surface area contributed by atoms with E-state index < -0.39 is 41.2 Å². The lowest BCUT2D eigenvalue weighted by Crippen LogP contribution is -2.19. The number of alkyl halides is 6. The van der Waals surface area contributed by atoms with Gasteiger partial charge < -0.3 is 11.1 Å². The summed E-state index contributed by atoms with van der Waals surface area (Å²) in [4.78, 5) is 28.1. The summed E-state index contributed by atoms with van der Waals surface area (Å²) in [6.45, 7) is 1.59. The SMILES string of the molecule is Cc1c(-c2cc(C(F)(F)F)nc3sc(C(N)=O)c(NC(=O)c4cc(C(F)(F)F)nn4C)c23)cnn1C. The molecule has 0 saturated heterocycles. The van der Waals surface area contributed by atoms with Crippen LogP contribution in [-0.4, -0.2) is 36.4 Å². The maximum absolute atomic E-state index is 13.6. The molecule has 4 heterocycles. The first-order valence-corrected chi connectivity index (χ1v) is 10.7. The molecule has 0 atom stereocenters. The number of hydrogen-bond donors (Lipinski definition) is 2. The van der Waals surface area contributed by atoms with Crippen LogP contribution in [0.1, 0.15) is 37.2 Å². The van der Waals surface area contributed by atoms with Crippen LogP contribution >= 0.6 is 11.3 Å². The number of anilines is 1. The van der Waals surface area contributed by atoms with Crippen LogP contribution in [-0.2, 0) is 26.4 Å². The van der Waals surface area contributed by atoms with Crippen molar-refractivity contribution in [2.45, 2.75) is 19.3 Å². The van der Waals surface area contributed by atoms with Crippen molar-refractivity contribution in [3.8, 4) is 11.1 Å². The largest absolute Gasteiger partial charge is 0.435 e. The van der Waals surface area contributed by atoms with Crippen LogP contribution in [0.2, 0.25) is 0 Å². The average molecular weight is 531 g/mol. The lowest BCUT2D eigenvalue weighted by atomic mass is 10.0. The lowest BCUT2D eigenvalue weighted by molar-refractivity contribution is -0.142. The number of hydrogen-bond acceptors (Lipinski definition) is 6. The Morgan fingerprint density at radius 2 is 1.64 bits per heavy atom. The number of pyridine rings is 1. The van der Waals surface area contributed by atoms with Crippen molar-refractivity contribution in [2.75, 3.05) is 5.32 Å². The molecule has 0 aliphatic heterocycles. The fourth-order valence-corrected chi connectivity index (χ4v) is 4.51. The van der Waals surface area contributed by atoms with Crippen LogP contribution in [0.15, 0.2) is 18.3 Å². The van der Waals surface area contributed by atoms with Gasteiger partial charge in [-0.05, 0) is 18.6 Å². The zero-order valence-corrected chi connectivity index (χ0v) is 19.4. The summed E-state index contributed by atoms with van der Waals surface area (Å²) in [6.07, 6.45) is -8.37. The Morgan fingerprint density at radius 3 is 2.14 bits per heavy atom. The second kappa shape index (κ2) is 8.32. The zero-order chi connectivity index (χ0) is 26.7. The van der Waals surface area contributed by atoms with E-state index in [1.807, 2.05) is 0 Å². The number of halogens is 6. The molecule has 0 spiro atoms. The Labute approximate surface area is 201 Å². The van der Waals surface area contributed by atoms with Gasteiger partial charge in [0.25, 0.3) is 11.8 Å². The second-order valence-corrected chi connectivity index (χ2v) is 8.66. The minimum atomic E-state index is -4.85. The van der Waals surface area contributed by atoms with Gasteiger partial charge >= 0.3 is 12.4 Å². The molecule has 190 valence electrons. The molecule has 0 bridgehead atoms. The number of primary amides is 1. The predicted octanol–water partition coefficient (Wildman–Crippen LogP) is 4.13. The topological polar surface area (TPSA) is 121 Å². The Balaban J connectivity index is 1.97. The first-order chi connectivity index (χ1) is 16.6. The highest BCUT2D eigenvalue weighted by Gasteiger charge is 2.37. The van der Waals surface area contributed by atoms with Crippen LogP contribution in [0.5, 0.6) is 0 Å². The number of aromatic nitrogens is 5. The van der Waals surface area contributed by atoms with Crippen LogP contribution in [0, 0.1) is 6.92 Å². The molecule has 4 aromatic rings. The first-order valence-electron chi connectivity index (χ1n) is 9.85. The van der Waals surface area contributed by atoms with E-state index in [0.29, 0.717) is 27.8 Å². The number of aryl methyl sites for hydroxylation is 2.